The molecule has 0 bridgehead atoms. The van der Waals surface area contributed by atoms with Crippen LogP contribution in [0.4, 0.5) is 0 Å². The monoisotopic (exact) mass is 439 g/mol. The second-order valence-electron chi connectivity index (χ2n) is 9.31. The van der Waals surface area contributed by atoms with Crippen LogP contribution in [0.1, 0.15) is 52.0 Å². The SMILES string of the molecule is CCN(C/C=C/C#CC(C)(C)C)Cc1cccc(OCC(C)(C)OCc2cccs2)c1. The molecule has 0 aliphatic carbocycles. The molecule has 0 saturated carbocycles. The summed E-state index contributed by atoms with van der Waals surface area (Å²) in [6, 6.07) is 12.5. The quantitative estimate of drug-likeness (QED) is 0.371. The maximum Gasteiger partial charge on any atom is 0.119 e. The number of benzene rings is 1. The van der Waals surface area contributed by atoms with E-state index in [0.717, 1.165) is 25.4 Å². The Kier molecular flexibility index (Phi) is 9.84. The van der Waals surface area contributed by atoms with Crippen molar-refractivity contribution < 1.29 is 9.47 Å². The summed E-state index contributed by atoms with van der Waals surface area (Å²) in [6.45, 7) is 16.5. The number of likely N-dealkylation sites (N-methyl/N-ethyl adjacent to an activating group) is 1. The van der Waals surface area contributed by atoms with Gasteiger partial charge in [0.1, 0.15) is 12.4 Å². The summed E-state index contributed by atoms with van der Waals surface area (Å²) in [5.74, 6) is 7.25. The van der Waals surface area contributed by atoms with E-state index in [1.807, 2.05) is 18.2 Å². The molecule has 0 atom stereocenters. The molecule has 0 unspecified atom stereocenters. The van der Waals surface area contributed by atoms with Crippen LogP contribution in [-0.2, 0) is 17.9 Å². The van der Waals surface area contributed by atoms with Gasteiger partial charge in [-0.05, 0) is 76.4 Å². The first kappa shape index (κ1) is 25.2. The minimum atomic E-state index is -0.353. The van der Waals surface area contributed by atoms with Crippen molar-refractivity contribution in [1.82, 2.24) is 4.90 Å². The van der Waals surface area contributed by atoms with E-state index in [0.29, 0.717) is 13.2 Å². The molecule has 3 nitrogen and oxygen atoms in total. The number of hydrogen-bond acceptors (Lipinski definition) is 4. The van der Waals surface area contributed by atoms with Crippen molar-refractivity contribution in [3.05, 3.63) is 64.4 Å². The van der Waals surface area contributed by atoms with E-state index in [-0.39, 0.29) is 11.0 Å². The van der Waals surface area contributed by atoms with Gasteiger partial charge in [-0.25, -0.2) is 0 Å². The molecule has 0 spiro atoms. The summed E-state index contributed by atoms with van der Waals surface area (Å²) in [5, 5.41) is 2.07. The van der Waals surface area contributed by atoms with Crippen LogP contribution in [0.2, 0.25) is 0 Å². The Morgan fingerprint density at radius 3 is 2.58 bits per heavy atom. The first-order chi connectivity index (χ1) is 14.7. The smallest absolute Gasteiger partial charge is 0.119 e. The molecular weight excluding hydrogens is 402 g/mol. The van der Waals surface area contributed by atoms with Crippen LogP contribution in [0.5, 0.6) is 5.75 Å². The van der Waals surface area contributed by atoms with Gasteiger partial charge in [-0.15, -0.1) is 11.3 Å². The molecule has 0 aliphatic heterocycles. The van der Waals surface area contributed by atoms with E-state index in [1.54, 1.807) is 11.3 Å². The fraction of sp³-hybridized carbons (Fsp3) is 0.481. The lowest BCUT2D eigenvalue weighted by Crippen LogP contribution is -2.32. The normalized spacial score (nSPS) is 12.2. The van der Waals surface area contributed by atoms with Crippen molar-refractivity contribution in [1.29, 1.82) is 0 Å². The molecule has 1 aromatic carbocycles. The number of allylic oxidation sites excluding steroid dienone is 1. The number of hydrogen-bond donors (Lipinski definition) is 0. The Labute approximate surface area is 193 Å². The molecule has 0 aliphatic rings. The van der Waals surface area contributed by atoms with Crippen molar-refractivity contribution >= 4 is 11.3 Å². The van der Waals surface area contributed by atoms with E-state index in [2.05, 4.69) is 94.0 Å². The van der Waals surface area contributed by atoms with E-state index < -0.39 is 0 Å². The van der Waals surface area contributed by atoms with Gasteiger partial charge >= 0.3 is 0 Å². The van der Waals surface area contributed by atoms with Gasteiger partial charge in [0.05, 0.1) is 12.2 Å². The fourth-order valence-corrected chi connectivity index (χ4v) is 3.39. The summed E-state index contributed by atoms with van der Waals surface area (Å²) in [6.07, 6.45) is 4.10. The number of ether oxygens (including phenoxy) is 2. The summed E-state index contributed by atoms with van der Waals surface area (Å²) >= 11 is 1.71. The molecule has 2 rings (SSSR count). The molecule has 4 heteroatoms. The van der Waals surface area contributed by atoms with Gasteiger partial charge < -0.3 is 9.47 Å². The van der Waals surface area contributed by atoms with Gasteiger partial charge in [0.15, 0.2) is 0 Å². The third kappa shape index (κ3) is 10.7. The van der Waals surface area contributed by atoms with Crippen LogP contribution in [0, 0.1) is 17.3 Å². The minimum absolute atomic E-state index is 0.0405. The van der Waals surface area contributed by atoms with Crippen LogP contribution >= 0.6 is 11.3 Å². The first-order valence-corrected chi connectivity index (χ1v) is 11.8. The van der Waals surface area contributed by atoms with Crippen LogP contribution < -0.4 is 4.74 Å². The Balaban J connectivity index is 1.85. The average Bonchev–Trinajstić information content (AvgIpc) is 3.23. The maximum atomic E-state index is 6.07. The Morgan fingerprint density at radius 1 is 1.10 bits per heavy atom. The molecule has 1 aromatic heterocycles. The van der Waals surface area contributed by atoms with Gasteiger partial charge in [0.25, 0.3) is 0 Å². The van der Waals surface area contributed by atoms with Crippen molar-refractivity contribution in [2.75, 3.05) is 19.7 Å². The second-order valence-corrected chi connectivity index (χ2v) is 10.3. The fourth-order valence-electron chi connectivity index (χ4n) is 2.78. The van der Waals surface area contributed by atoms with E-state index in [4.69, 9.17) is 9.47 Å². The first-order valence-electron chi connectivity index (χ1n) is 10.9. The molecule has 31 heavy (non-hydrogen) atoms. The van der Waals surface area contributed by atoms with Crippen molar-refractivity contribution in [2.24, 2.45) is 5.41 Å². The zero-order valence-corrected chi connectivity index (χ0v) is 20.7. The summed E-state index contributed by atoms with van der Waals surface area (Å²) in [4.78, 5) is 3.61. The topological polar surface area (TPSA) is 21.7 Å². The Morgan fingerprint density at radius 2 is 1.90 bits per heavy atom. The zero-order chi connectivity index (χ0) is 22.7. The largest absolute Gasteiger partial charge is 0.491 e. The molecular formula is C27H37NO2S. The number of thiophene rings is 1. The third-order valence-corrected chi connectivity index (χ3v) is 5.39. The third-order valence-electron chi connectivity index (χ3n) is 4.54. The average molecular weight is 440 g/mol. The minimum Gasteiger partial charge on any atom is -0.491 e. The van der Waals surface area contributed by atoms with E-state index in [9.17, 15) is 0 Å². The molecule has 2 aromatic rings. The molecule has 1 heterocycles. The molecule has 0 fully saturated rings. The van der Waals surface area contributed by atoms with Gasteiger partial charge in [0, 0.05) is 23.4 Å². The van der Waals surface area contributed by atoms with E-state index >= 15 is 0 Å². The van der Waals surface area contributed by atoms with Gasteiger partial charge in [-0.3, -0.25) is 4.90 Å². The predicted octanol–water partition coefficient (Wildman–Crippen LogP) is 6.55. The highest BCUT2D eigenvalue weighted by Crippen LogP contribution is 2.20. The van der Waals surface area contributed by atoms with Gasteiger partial charge in [-0.2, -0.15) is 0 Å². The molecule has 0 amide bonds. The van der Waals surface area contributed by atoms with Crippen LogP contribution in [0.15, 0.2) is 53.9 Å². The highest BCUT2D eigenvalue weighted by molar-refractivity contribution is 7.09. The van der Waals surface area contributed by atoms with Gasteiger partial charge in [-0.1, -0.05) is 43.0 Å². The highest BCUT2D eigenvalue weighted by Gasteiger charge is 2.20. The number of nitrogens with zero attached hydrogens (tertiary/aromatic N) is 1. The Bertz CT molecular complexity index is 867. The Hall–Kier alpha value is -2.06. The zero-order valence-electron chi connectivity index (χ0n) is 19.9. The lowest BCUT2D eigenvalue weighted by molar-refractivity contribution is -0.0559. The summed E-state index contributed by atoms with van der Waals surface area (Å²) in [7, 11) is 0. The second kappa shape index (κ2) is 12.1. The molecule has 0 saturated heterocycles. The van der Waals surface area contributed by atoms with Crippen molar-refractivity contribution in [3.63, 3.8) is 0 Å². The lowest BCUT2D eigenvalue weighted by atomic mass is 9.98. The predicted molar refractivity (Wildman–Crippen MR) is 132 cm³/mol. The molecule has 168 valence electrons. The summed E-state index contributed by atoms with van der Waals surface area (Å²) < 4.78 is 12.1. The molecule has 0 radical (unpaired) electrons. The van der Waals surface area contributed by atoms with Crippen molar-refractivity contribution in [2.45, 2.75) is 60.3 Å². The van der Waals surface area contributed by atoms with Gasteiger partial charge in [0.2, 0.25) is 0 Å². The van der Waals surface area contributed by atoms with Crippen LogP contribution in [-0.4, -0.2) is 30.2 Å². The molecule has 0 N–H and O–H groups in total. The van der Waals surface area contributed by atoms with E-state index in [1.165, 1.54) is 10.4 Å². The standard InChI is InChI=1S/C27H37NO2S/c1-7-28(17-10-8-9-16-26(2,3)4)20-23-13-11-14-24(19-23)29-22-27(5,6)30-21-25-15-12-18-31-25/h8,10-15,18-19H,7,17,20-22H2,1-6H3/b10-8+. The van der Waals surface area contributed by atoms with Crippen molar-refractivity contribution in [3.8, 4) is 17.6 Å². The summed E-state index contributed by atoms with van der Waals surface area (Å²) in [5.41, 5.74) is 0.929. The number of rotatable bonds is 11. The van der Waals surface area contributed by atoms with Crippen LogP contribution in [0.3, 0.4) is 0 Å². The maximum absolute atomic E-state index is 6.07. The highest BCUT2D eigenvalue weighted by atomic mass is 32.1. The lowest BCUT2D eigenvalue weighted by Gasteiger charge is -2.25. The van der Waals surface area contributed by atoms with Crippen LogP contribution in [0.25, 0.3) is 0 Å².